The van der Waals surface area contributed by atoms with Gasteiger partial charge in [0.2, 0.25) is 5.95 Å². The van der Waals surface area contributed by atoms with Crippen LogP contribution in [-0.2, 0) is 9.53 Å². The number of benzene rings is 1. The van der Waals surface area contributed by atoms with E-state index in [1.165, 1.54) is 12.1 Å². The third-order valence-electron chi connectivity index (χ3n) is 3.28. The van der Waals surface area contributed by atoms with E-state index in [2.05, 4.69) is 25.2 Å². The zero-order valence-electron chi connectivity index (χ0n) is 12.0. The van der Waals surface area contributed by atoms with Crippen molar-refractivity contribution >= 4 is 11.9 Å². The second-order valence-corrected chi connectivity index (χ2v) is 4.90. The molecule has 1 amide bonds. The lowest BCUT2D eigenvalue weighted by Gasteiger charge is -2.07. The van der Waals surface area contributed by atoms with Crippen molar-refractivity contribution in [3.8, 4) is 17.1 Å². The molecule has 23 heavy (non-hydrogen) atoms. The van der Waals surface area contributed by atoms with Crippen LogP contribution in [0, 0.1) is 0 Å². The summed E-state index contributed by atoms with van der Waals surface area (Å²) in [5.41, 5.74) is 0.508. The number of hydrogen-bond donors (Lipinski definition) is 2. The Labute approximate surface area is 130 Å². The highest BCUT2D eigenvalue weighted by atomic mass is 19.3. The number of anilines is 1. The van der Waals surface area contributed by atoms with Gasteiger partial charge in [-0.25, -0.2) is 0 Å². The van der Waals surface area contributed by atoms with Crippen molar-refractivity contribution in [3.05, 3.63) is 24.3 Å². The molecule has 0 unspecified atom stereocenters. The molecule has 0 spiro atoms. The molecule has 1 fully saturated rings. The first-order valence-corrected chi connectivity index (χ1v) is 7.02. The molecule has 3 rings (SSSR count). The Morgan fingerprint density at radius 2 is 2.35 bits per heavy atom. The Morgan fingerprint density at radius 1 is 1.48 bits per heavy atom. The third-order valence-corrected chi connectivity index (χ3v) is 3.28. The van der Waals surface area contributed by atoms with Crippen LogP contribution in [0.2, 0.25) is 0 Å². The van der Waals surface area contributed by atoms with Crippen LogP contribution in [-0.4, -0.2) is 40.4 Å². The molecule has 1 saturated heterocycles. The first kappa shape index (κ1) is 15.3. The standard InChI is InChI=1S/C14H14F2N4O3/c15-13(16)23-9-4-1-3-8(7-9)11-17-14(20-19-11)18-12(21)10-5-2-6-22-10/h1,3-4,7,10,13H,2,5-6H2,(H2,17,18,19,20,21)/t10-/m1/s1. The maximum Gasteiger partial charge on any atom is 0.387 e. The summed E-state index contributed by atoms with van der Waals surface area (Å²) in [7, 11) is 0. The smallest absolute Gasteiger partial charge is 0.387 e. The van der Waals surface area contributed by atoms with Gasteiger partial charge < -0.3 is 9.47 Å². The maximum absolute atomic E-state index is 12.2. The van der Waals surface area contributed by atoms with Gasteiger partial charge in [0.1, 0.15) is 11.9 Å². The summed E-state index contributed by atoms with van der Waals surface area (Å²) >= 11 is 0. The van der Waals surface area contributed by atoms with Gasteiger partial charge in [-0.15, -0.1) is 5.10 Å². The minimum absolute atomic E-state index is 0.0128. The van der Waals surface area contributed by atoms with Gasteiger partial charge in [-0.3, -0.25) is 15.2 Å². The van der Waals surface area contributed by atoms with Crippen LogP contribution in [0.25, 0.3) is 11.4 Å². The number of halogens is 2. The summed E-state index contributed by atoms with van der Waals surface area (Å²) in [5, 5.41) is 9.07. The minimum Gasteiger partial charge on any atom is -0.435 e. The van der Waals surface area contributed by atoms with Crippen molar-refractivity contribution in [2.24, 2.45) is 0 Å². The van der Waals surface area contributed by atoms with Gasteiger partial charge in [-0.05, 0) is 25.0 Å². The van der Waals surface area contributed by atoms with E-state index in [0.29, 0.717) is 24.4 Å². The number of carbonyl (C=O) groups is 1. The lowest BCUT2D eigenvalue weighted by molar-refractivity contribution is -0.124. The van der Waals surface area contributed by atoms with Gasteiger partial charge in [0, 0.05) is 12.2 Å². The Kier molecular flexibility index (Phi) is 4.47. The highest BCUT2D eigenvalue weighted by Crippen LogP contribution is 2.23. The quantitative estimate of drug-likeness (QED) is 0.880. The van der Waals surface area contributed by atoms with Gasteiger partial charge in [0.25, 0.3) is 5.91 Å². The molecule has 1 aliphatic rings. The molecule has 2 heterocycles. The number of rotatable bonds is 5. The fraction of sp³-hybridized carbons (Fsp3) is 0.357. The lowest BCUT2D eigenvalue weighted by Crippen LogP contribution is -2.27. The van der Waals surface area contributed by atoms with Crippen molar-refractivity contribution < 1.29 is 23.0 Å². The molecule has 1 aromatic carbocycles. The molecule has 122 valence electrons. The van der Waals surface area contributed by atoms with Crippen LogP contribution in [0.3, 0.4) is 0 Å². The number of aromatic nitrogens is 3. The van der Waals surface area contributed by atoms with E-state index in [0.717, 1.165) is 6.42 Å². The minimum atomic E-state index is -2.90. The number of alkyl halides is 2. The van der Waals surface area contributed by atoms with Gasteiger partial charge >= 0.3 is 6.61 Å². The van der Waals surface area contributed by atoms with E-state index in [4.69, 9.17) is 4.74 Å². The van der Waals surface area contributed by atoms with Crippen LogP contribution in [0.4, 0.5) is 14.7 Å². The summed E-state index contributed by atoms with van der Waals surface area (Å²) in [6.45, 7) is -2.34. The monoisotopic (exact) mass is 324 g/mol. The van der Waals surface area contributed by atoms with E-state index in [-0.39, 0.29) is 17.6 Å². The maximum atomic E-state index is 12.2. The van der Waals surface area contributed by atoms with E-state index in [1.54, 1.807) is 12.1 Å². The van der Waals surface area contributed by atoms with Crippen LogP contribution in [0.5, 0.6) is 5.75 Å². The molecular formula is C14H14F2N4O3. The van der Waals surface area contributed by atoms with Gasteiger partial charge in [0.05, 0.1) is 0 Å². The summed E-state index contributed by atoms with van der Waals surface area (Å²) in [5.74, 6) is 0.134. The Balaban J connectivity index is 1.70. The van der Waals surface area contributed by atoms with Crippen LogP contribution >= 0.6 is 0 Å². The number of amides is 1. The molecule has 2 N–H and O–H groups in total. The van der Waals surface area contributed by atoms with Gasteiger partial charge in [-0.2, -0.15) is 13.8 Å². The molecule has 0 saturated carbocycles. The Hall–Kier alpha value is -2.55. The predicted molar refractivity (Wildman–Crippen MR) is 76.1 cm³/mol. The van der Waals surface area contributed by atoms with Crippen LogP contribution in [0.1, 0.15) is 12.8 Å². The largest absolute Gasteiger partial charge is 0.435 e. The summed E-state index contributed by atoms with van der Waals surface area (Å²) < 4.78 is 34.1. The molecule has 1 aromatic heterocycles. The fourth-order valence-electron chi connectivity index (χ4n) is 2.24. The lowest BCUT2D eigenvalue weighted by atomic mass is 10.2. The van der Waals surface area contributed by atoms with Crippen molar-refractivity contribution in [2.75, 3.05) is 11.9 Å². The highest BCUT2D eigenvalue weighted by Gasteiger charge is 2.24. The number of ether oxygens (including phenoxy) is 2. The zero-order valence-corrected chi connectivity index (χ0v) is 12.0. The molecule has 1 aliphatic heterocycles. The van der Waals surface area contributed by atoms with E-state index in [9.17, 15) is 13.6 Å². The molecule has 2 aromatic rings. The van der Waals surface area contributed by atoms with Gasteiger partial charge in [0.15, 0.2) is 5.82 Å². The van der Waals surface area contributed by atoms with Crippen LogP contribution in [0.15, 0.2) is 24.3 Å². The first-order valence-electron chi connectivity index (χ1n) is 7.02. The number of nitrogens with zero attached hydrogens (tertiary/aromatic N) is 2. The predicted octanol–water partition coefficient (Wildman–Crippen LogP) is 2.19. The SMILES string of the molecule is O=C(Nc1n[nH]c(-c2cccc(OC(F)F)c2)n1)[C@H]1CCCO1. The molecule has 1 atom stereocenters. The Morgan fingerprint density at radius 3 is 3.09 bits per heavy atom. The number of hydrogen-bond acceptors (Lipinski definition) is 5. The zero-order chi connectivity index (χ0) is 16.2. The number of carbonyl (C=O) groups excluding carboxylic acids is 1. The van der Waals surface area contributed by atoms with E-state index in [1.807, 2.05) is 0 Å². The normalized spacial score (nSPS) is 17.4. The van der Waals surface area contributed by atoms with Crippen molar-refractivity contribution in [3.63, 3.8) is 0 Å². The average Bonchev–Trinajstić information content (AvgIpc) is 3.18. The van der Waals surface area contributed by atoms with Crippen molar-refractivity contribution in [1.29, 1.82) is 0 Å². The fourth-order valence-corrected chi connectivity index (χ4v) is 2.24. The Bertz CT molecular complexity index is 686. The molecule has 9 heteroatoms. The summed E-state index contributed by atoms with van der Waals surface area (Å²) in [6.07, 6.45) is 1.02. The van der Waals surface area contributed by atoms with E-state index >= 15 is 0 Å². The van der Waals surface area contributed by atoms with Crippen LogP contribution < -0.4 is 10.1 Å². The van der Waals surface area contributed by atoms with Gasteiger partial charge in [-0.1, -0.05) is 12.1 Å². The van der Waals surface area contributed by atoms with Crippen molar-refractivity contribution in [1.82, 2.24) is 15.2 Å². The second kappa shape index (κ2) is 6.69. The van der Waals surface area contributed by atoms with Crippen molar-refractivity contribution in [2.45, 2.75) is 25.6 Å². The summed E-state index contributed by atoms with van der Waals surface area (Å²) in [4.78, 5) is 16.0. The molecular weight excluding hydrogens is 310 g/mol. The average molecular weight is 324 g/mol. The third kappa shape index (κ3) is 3.81. The summed E-state index contributed by atoms with van der Waals surface area (Å²) in [6, 6.07) is 6.02. The second-order valence-electron chi connectivity index (χ2n) is 4.90. The molecule has 0 radical (unpaired) electrons. The molecule has 7 nitrogen and oxygen atoms in total. The molecule has 0 bridgehead atoms. The topological polar surface area (TPSA) is 89.1 Å². The number of aromatic amines is 1. The highest BCUT2D eigenvalue weighted by molar-refractivity contribution is 5.92. The molecule has 0 aliphatic carbocycles. The number of nitrogens with one attached hydrogen (secondary N) is 2. The first-order chi connectivity index (χ1) is 11.1. The van der Waals surface area contributed by atoms with E-state index < -0.39 is 12.7 Å². The number of H-pyrrole nitrogens is 1.